The van der Waals surface area contributed by atoms with Gasteiger partial charge >= 0.3 is 18.2 Å². The molecule has 2 heterocycles. The standard InChI is InChI=1S/C33H34N2O6/c1-32(2,3)41-30(38)34-16-14-33(15-17-34)20-35(28-13-12-21(29(36)37)18-27(28)33)31(39)40-19-26-24-10-6-4-8-22(24)23-9-5-7-11-25(23)26/h4-13,18,26H,14-17,19-20H2,1-3H3,(H,36,37). The van der Waals surface area contributed by atoms with Gasteiger partial charge in [-0.2, -0.15) is 0 Å². The van der Waals surface area contributed by atoms with Gasteiger partial charge in [-0.1, -0.05) is 48.5 Å². The number of rotatable bonds is 3. The number of hydrogen-bond acceptors (Lipinski definition) is 5. The van der Waals surface area contributed by atoms with E-state index in [4.69, 9.17) is 9.47 Å². The first kappa shape index (κ1) is 26.9. The number of aromatic carboxylic acids is 1. The minimum atomic E-state index is -1.02. The molecule has 3 aromatic rings. The molecule has 1 fully saturated rings. The van der Waals surface area contributed by atoms with E-state index in [0.717, 1.165) is 27.8 Å². The molecule has 1 N–H and O–H groups in total. The monoisotopic (exact) mass is 554 g/mol. The number of nitrogens with zero attached hydrogens (tertiary/aromatic N) is 2. The van der Waals surface area contributed by atoms with Crippen LogP contribution in [0.25, 0.3) is 11.1 Å². The number of amides is 2. The average molecular weight is 555 g/mol. The SMILES string of the molecule is CC(C)(C)OC(=O)N1CCC2(CC1)CN(C(=O)OCC1c3ccccc3-c3ccccc31)c1ccc(C(=O)O)cc12. The van der Waals surface area contributed by atoms with Crippen LogP contribution in [0.3, 0.4) is 0 Å². The van der Waals surface area contributed by atoms with Crippen molar-refractivity contribution in [3.8, 4) is 11.1 Å². The molecule has 3 aromatic carbocycles. The highest BCUT2D eigenvalue weighted by Gasteiger charge is 2.48. The average Bonchev–Trinajstić information content (AvgIpc) is 3.44. The number of likely N-dealkylation sites (tertiary alicyclic amines) is 1. The van der Waals surface area contributed by atoms with Crippen LogP contribution < -0.4 is 4.90 Å². The Balaban J connectivity index is 1.23. The molecular weight excluding hydrogens is 520 g/mol. The first-order valence-corrected chi connectivity index (χ1v) is 14.0. The fourth-order valence-corrected chi connectivity index (χ4v) is 6.51. The Morgan fingerprint density at radius 3 is 2.10 bits per heavy atom. The van der Waals surface area contributed by atoms with Gasteiger partial charge < -0.3 is 19.5 Å². The van der Waals surface area contributed by atoms with Crippen molar-refractivity contribution in [2.24, 2.45) is 0 Å². The molecule has 1 aliphatic carbocycles. The molecule has 0 saturated carbocycles. The van der Waals surface area contributed by atoms with Gasteiger partial charge in [-0.25, -0.2) is 14.4 Å². The summed E-state index contributed by atoms with van der Waals surface area (Å²) >= 11 is 0. The van der Waals surface area contributed by atoms with E-state index in [9.17, 15) is 19.5 Å². The lowest BCUT2D eigenvalue weighted by Gasteiger charge is -2.40. The number of ether oxygens (including phenoxy) is 2. The molecule has 0 aromatic heterocycles. The topological polar surface area (TPSA) is 96.4 Å². The van der Waals surface area contributed by atoms with Crippen LogP contribution in [-0.4, -0.2) is 60.0 Å². The Hall–Kier alpha value is -4.33. The Morgan fingerprint density at radius 2 is 1.51 bits per heavy atom. The molecule has 0 bridgehead atoms. The second kappa shape index (κ2) is 9.94. The Kier molecular flexibility index (Phi) is 6.52. The highest BCUT2D eigenvalue weighted by Crippen LogP contribution is 2.48. The van der Waals surface area contributed by atoms with Crippen molar-refractivity contribution in [2.75, 3.05) is 31.1 Å². The van der Waals surface area contributed by atoms with Crippen molar-refractivity contribution in [1.29, 1.82) is 0 Å². The first-order valence-electron chi connectivity index (χ1n) is 14.0. The molecule has 8 heteroatoms. The summed E-state index contributed by atoms with van der Waals surface area (Å²) in [5.74, 6) is -1.08. The van der Waals surface area contributed by atoms with E-state index in [1.54, 1.807) is 21.9 Å². The van der Waals surface area contributed by atoms with Gasteiger partial charge in [0.05, 0.1) is 11.3 Å². The van der Waals surface area contributed by atoms with Crippen LogP contribution in [0.5, 0.6) is 0 Å². The molecule has 2 amide bonds. The Morgan fingerprint density at radius 1 is 0.902 bits per heavy atom. The number of anilines is 1. The highest BCUT2D eigenvalue weighted by molar-refractivity contribution is 5.94. The van der Waals surface area contributed by atoms with E-state index < -0.39 is 23.1 Å². The van der Waals surface area contributed by atoms with Crippen molar-refractivity contribution < 1.29 is 29.0 Å². The van der Waals surface area contributed by atoms with E-state index in [-0.39, 0.29) is 24.2 Å². The normalized spacial score (nSPS) is 17.1. The summed E-state index contributed by atoms with van der Waals surface area (Å²) in [6.07, 6.45) is 0.339. The van der Waals surface area contributed by atoms with Gasteiger partial charge in [0, 0.05) is 31.0 Å². The van der Waals surface area contributed by atoms with Gasteiger partial charge in [0.1, 0.15) is 12.2 Å². The number of hydrogen-bond donors (Lipinski definition) is 1. The lowest BCUT2D eigenvalue weighted by Crippen LogP contribution is -2.49. The van der Waals surface area contributed by atoms with Crippen LogP contribution in [0, 0.1) is 0 Å². The van der Waals surface area contributed by atoms with E-state index in [1.807, 2.05) is 45.0 Å². The van der Waals surface area contributed by atoms with Crippen molar-refractivity contribution >= 4 is 23.8 Å². The molecule has 41 heavy (non-hydrogen) atoms. The molecule has 0 radical (unpaired) electrons. The molecule has 1 saturated heterocycles. The maximum absolute atomic E-state index is 13.7. The number of carboxylic acid groups (broad SMARTS) is 1. The molecule has 8 nitrogen and oxygen atoms in total. The van der Waals surface area contributed by atoms with Gasteiger partial charge in [-0.05, 0) is 79.6 Å². The van der Waals surface area contributed by atoms with Gasteiger partial charge in [-0.15, -0.1) is 0 Å². The Bertz CT molecular complexity index is 1490. The zero-order chi connectivity index (χ0) is 28.9. The lowest BCUT2D eigenvalue weighted by atomic mass is 9.74. The molecule has 212 valence electrons. The summed E-state index contributed by atoms with van der Waals surface area (Å²) < 4.78 is 11.6. The Labute approximate surface area is 239 Å². The van der Waals surface area contributed by atoms with Gasteiger partial charge in [0.2, 0.25) is 0 Å². The predicted octanol–water partition coefficient (Wildman–Crippen LogP) is 6.42. The van der Waals surface area contributed by atoms with Crippen molar-refractivity contribution in [3.05, 3.63) is 89.0 Å². The van der Waals surface area contributed by atoms with Gasteiger partial charge in [-0.3, -0.25) is 4.90 Å². The van der Waals surface area contributed by atoms with Crippen LogP contribution in [-0.2, 0) is 14.9 Å². The second-order valence-corrected chi connectivity index (χ2v) is 12.2. The highest BCUT2D eigenvalue weighted by atomic mass is 16.6. The summed E-state index contributed by atoms with van der Waals surface area (Å²) in [5.41, 5.74) is 5.18. The fraction of sp³-hybridized carbons (Fsp3) is 0.364. The van der Waals surface area contributed by atoms with Crippen molar-refractivity contribution in [2.45, 2.75) is 50.5 Å². The van der Waals surface area contributed by atoms with Crippen molar-refractivity contribution in [3.63, 3.8) is 0 Å². The summed E-state index contributed by atoms with van der Waals surface area (Å²) in [5, 5.41) is 9.69. The third-order valence-corrected chi connectivity index (χ3v) is 8.50. The maximum atomic E-state index is 13.7. The van der Waals surface area contributed by atoms with Crippen LogP contribution in [0.2, 0.25) is 0 Å². The molecule has 0 unspecified atom stereocenters. The molecule has 6 rings (SSSR count). The number of benzene rings is 3. The zero-order valence-corrected chi connectivity index (χ0v) is 23.6. The minimum absolute atomic E-state index is 0.0613. The first-order chi connectivity index (χ1) is 19.6. The predicted molar refractivity (Wildman–Crippen MR) is 155 cm³/mol. The zero-order valence-electron chi connectivity index (χ0n) is 23.6. The number of carbonyl (C=O) groups excluding carboxylic acids is 2. The van der Waals surface area contributed by atoms with Gasteiger partial charge in [0.15, 0.2) is 0 Å². The largest absolute Gasteiger partial charge is 0.478 e. The smallest absolute Gasteiger partial charge is 0.414 e. The van der Waals surface area contributed by atoms with Gasteiger partial charge in [0.25, 0.3) is 0 Å². The fourth-order valence-electron chi connectivity index (χ4n) is 6.51. The number of carbonyl (C=O) groups is 3. The van der Waals surface area contributed by atoms with E-state index >= 15 is 0 Å². The van der Waals surface area contributed by atoms with Crippen molar-refractivity contribution in [1.82, 2.24) is 4.90 Å². The molecule has 2 aliphatic heterocycles. The summed E-state index contributed by atoms with van der Waals surface area (Å²) in [7, 11) is 0. The molecule has 1 spiro atoms. The molecular formula is C33H34N2O6. The lowest BCUT2D eigenvalue weighted by molar-refractivity contribution is 0.0169. The van der Waals surface area contributed by atoms with Crippen LogP contribution >= 0.6 is 0 Å². The second-order valence-electron chi connectivity index (χ2n) is 12.2. The molecule has 3 aliphatic rings. The number of carboxylic acids is 1. The summed E-state index contributed by atoms with van der Waals surface area (Å²) in [6.45, 7) is 6.97. The quantitative estimate of drug-likeness (QED) is 0.401. The minimum Gasteiger partial charge on any atom is -0.478 e. The summed E-state index contributed by atoms with van der Waals surface area (Å²) in [4.78, 5) is 41.5. The van der Waals surface area contributed by atoms with Crippen LogP contribution in [0.4, 0.5) is 15.3 Å². The summed E-state index contributed by atoms with van der Waals surface area (Å²) in [6, 6.07) is 21.3. The maximum Gasteiger partial charge on any atom is 0.414 e. The van der Waals surface area contributed by atoms with Crippen LogP contribution in [0.1, 0.15) is 66.6 Å². The van der Waals surface area contributed by atoms with E-state index in [0.29, 0.717) is 38.2 Å². The number of piperidine rings is 1. The van der Waals surface area contributed by atoms with E-state index in [2.05, 4.69) is 24.3 Å². The van der Waals surface area contributed by atoms with E-state index in [1.165, 1.54) is 6.07 Å². The van der Waals surface area contributed by atoms with Crippen LogP contribution in [0.15, 0.2) is 66.7 Å². The number of fused-ring (bicyclic) bond motifs is 5. The third-order valence-electron chi connectivity index (χ3n) is 8.50. The third kappa shape index (κ3) is 4.81. The molecule has 0 atom stereocenters.